The maximum Gasteiger partial charge on any atom is 0.384 e. The second-order valence-electron chi connectivity index (χ2n) is 3.01. The molecule has 0 aliphatic heterocycles. The van der Waals surface area contributed by atoms with Crippen molar-refractivity contribution in [2.75, 3.05) is 13.7 Å². The van der Waals surface area contributed by atoms with E-state index in [9.17, 15) is 9.59 Å². The minimum Gasteiger partial charge on any atom is -0.465 e. The van der Waals surface area contributed by atoms with Crippen molar-refractivity contribution in [3.8, 4) is 11.8 Å². The van der Waals surface area contributed by atoms with E-state index in [1.807, 2.05) is 0 Å². The Kier molecular flexibility index (Phi) is 4.77. The minimum atomic E-state index is -0.618. The highest BCUT2D eigenvalue weighted by atomic mass is 16.5. The molecule has 0 N–H and O–H groups in total. The lowest BCUT2D eigenvalue weighted by molar-refractivity contribution is -0.136. The van der Waals surface area contributed by atoms with Crippen molar-refractivity contribution in [2.45, 2.75) is 6.92 Å². The molecule has 0 aliphatic carbocycles. The molecule has 0 amide bonds. The Morgan fingerprint density at radius 3 is 2.65 bits per heavy atom. The molecule has 0 radical (unpaired) electrons. The Hall–Kier alpha value is -2.28. The smallest absolute Gasteiger partial charge is 0.384 e. The zero-order valence-electron chi connectivity index (χ0n) is 9.65. The monoisotopic (exact) mass is 232 g/mol. The third-order valence-electron chi connectivity index (χ3n) is 1.91. The van der Waals surface area contributed by atoms with Crippen LogP contribution in [0.1, 0.15) is 22.8 Å². The van der Waals surface area contributed by atoms with E-state index in [0.717, 1.165) is 0 Å². The highest BCUT2D eigenvalue weighted by molar-refractivity contribution is 5.94. The summed E-state index contributed by atoms with van der Waals surface area (Å²) in [5, 5.41) is 0. The summed E-state index contributed by atoms with van der Waals surface area (Å²) in [6.45, 7) is 1.97. The summed E-state index contributed by atoms with van der Waals surface area (Å²) in [4.78, 5) is 22.5. The van der Waals surface area contributed by atoms with Crippen LogP contribution in [0, 0.1) is 11.8 Å². The molecule has 4 nitrogen and oxygen atoms in total. The fraction of sp³-hybridized carbons (Fsp3) is 0.231. The van der Waals surface area contributed by atoms with E-state index in [1.54, 1.807) is 31.2 Å². The van der Waals surface area contributed by atoms with Gasteiger partial charge in [-0.05, 0) is 19.1 Å². The van der Waals surface area contributed by atoms with Crippen LogP contribution >= 0.6 is 0 Å². The van der Waals surface area contributed by atoms with E-state index in [0.29, 0.717) is 11.1 Å². The van der Waals surface area contributed by atoms with Gasteiger partial charge in [0, 0.05) is 11.5 Å². The highest BCUT2D eigenvalue weighted by Gasteiger charge is 2.08. The van der Waals surface area contributed by atoms with Gasteiger partial charge in [-0.2, -0.15) is 0 Å². The van der Waals surface area contributed by atoms with E-state index in [4.69, 9.17) is 0 Å². The second kappa shape index (κ2) is 6.33. The summed E-state index contributed by atoms with van der Waals surface area (Å²) in [6, 6.07) is 6.64. The number of esters is 2. The first-order valence-electron chi connectivity index (χ1n) is 5.05. The number of hydrogen-bond acceptors (Lipinski definition) is 4. The standard InChI is InChI=1S/C13H12O4/c1-3-17-12(14)9-8-10-6-4-5-7-11(10)13(15)16-2/h4-7H,3H2,1-2H3. The van der Waals surface area contributed by atoms with Gasteiger partial charge in [0.25, 0.3) is 0 Å². The third-order valence-corrected chi connectivity index (χ3v) is 1.91. The van der Waals surface area contributed by atoms with Gasteiger partial charge in [0.15, 0.2) is 0 Å². The van der Waals surface area contributed by atoms with Crippen LogP contribution < -0.4 is 0 Å². The molecule has 1 rings (SSSR count). The molecule has 4 heteroatoms. The predicted octanol–water partition coefficient (Wildman–Crippen LogP) is 1.39. The van der Waals surface area contributed by atoms with Crippen molar-refractivity contribution in [1.29, 1.82) is 0 Å². The minimum absolute atomic E-state index is 0.270. The molecule has 88 valence electrons. The third kappa shape index (κ3) is 3.65. The number of methoxy groups -OCH3 is 1. The van der Waals surface area contributed by atoms with E-state index in [-0.39, 0.29) is 6.61 Å². The molecule has 0 saturated carbocycles. The van der Waals surface area contributed by atoms with Crippen LogP contribution in [-0.2, 0) is 14.3 Å². The van der Waals surface area contributed by atoms with Crippen LogP contribution in [0.25, 0.3) is 0 Å². The average molecular weight is 232 g/mol. The average Bonchev–Trinajstić information content (AvgIpc) is 2.36. The van der Waals surface area contributed by atoms with Crippen LogP contribution in [0.4, 0.5) is 0 Å². The lowest BCUT2D eigenvalue weighted by atomic mass is 10.1. The largest absolute Gasteiger partial charge is 0.465 e. The van der Waals surface area contributed by atoms with Gasteiger partial charge < -0.3 is 9.47 Å². The van der Waals surface area contributed by atoms with Crippen LogP contribution in [0.5, 0.6) is 0 Å². The van der Waals surface area contributed by atoms with Crippen molar-refractivity contribution in [1.82, 2.24) is 0 Å². The molecular weight excluding hydrogens is 220 g/mol. The Morgan fingerprint density at radius 2 is 2.00 bits per heavy atom. The fourth-order valence-corrected chi connectivity index (χ4v) is 1.17. The van der Waals surface area contributed by atoms with Crippen molar-refractivity contribution >= 4 is 11.9 Å². The van der Waals surface area contributed by atoms with E-state index in [1.165, 1.54) is 7.11 Å². The predicted molar refractivity (Wildman–Crippen MR) is 61.3 cm³/mol. The maximum atomic E-state index is 11.4. The molecule has 0 bridgehead atoms. The SMILES string of the molecule is CCOC(=O)C#Cc1ccccc1C(=O)OC. The first kappa shape index (κ1) is 12.8. The summed E-state index contributed by atoms with van der Waals surface area (Å²) in [5.41, 5.74) is 0.763. The second-order valence-corrected chi connectivity index (χ2v) is 3.01. The van der Waals surface area contributed by atoms with Gasteiger partial charge in [-0.3, -0.25) is 0 Å². The maximum absolute atomic E-state index is 11.4. The van der Waals surface area contributed by atoms with Gasteiger partial charge in [-0.1, -0.05) is 18.1 Å². The van der Waals surface area contributed by atoms with E-state index >= 15 is 0 Å². The molecular formula is C13H12O4. The quantitative estimate of drug-likeness (QED) is 0.571. The van der Waals surface area contributed by atoms with Crippen LogP contribution in [-0.4, -0.2) is 25.7 Å². The summed E-state index contributed by atoms with van der Waals surface area (Å²) in [5.74, 6) is 3.78. The van der Waals surface area contributed by atoms with E-state index < -0.39 is 11.9 Å². The molecule has 0 aliphatic rings. The van der Waals surface area contributed by atoms with Crippen LogP contribution in [0.3, 0.4) is 0 Å². The Bertz CT molecular complexity index is 480. The fourth-order valence-electron chi connectivity index (χ4n) is 1.17. The summed E-state index contributed by atoms with van der Waals surface area (Å²) >= 11 is 0. The Labute approximate surface area is 99.5 Å². The zero-order chi connectivity index (χ0) is 12.7. The van der Waals surface area contributed by atoms with Gasteiger partial charge in [-0.25, -0.2) is 9.59 Å². The topological polar surface area (TPSA) is 52.6 Å². The highest BCUT2D eigenvalue weighted by Crippen LogP contribution is 2.08. The van der Waals surface area contributed by atoms with Gasteiger partial charge in [0.1, 0.15) is 0 Å². The number of ether oxygens (including phenoxy) is 2. The summed E-state index contributed by atoms with van der Waals surface area (Å²) in [7, 11) is 1.29. The number of benzene rings is 1. The van der Waals surface area contributed by atoms with Crippen LogP contribution in [0.15, 0.2) is 24.3 Å². The zero-order valence-corrected chi connectivity index (χ0v) is 9.65. The first-order chi connectivity index (χ1) is 8.19. The van der Waals surface area contributed by atoms with E-state index in [2.05, 4.69) is 21.3 Å². The molecule has 0 aromatic heterocycles. The van der Waals surface area contributed by atoms with Crippen molar-refractivity contribution in [2.24, 2.45) is 0 Å². The lowest BCUT2D eigenvalue weighted by Crippen LogP contribution is -2.04. The number of carbonyl (C=O) groups is 2. The molecule has 0 atom stereocenters. The van der Waals surface area contributed by atoms with Gasteiger partial charge in [-0.15, -0.1) is 0 Å². The number of rotatable bonds is 2. The molecule has 1 aromatic carbocycles. The Morgan fingerprint density at radius 1 is 1.29 bits per heavy atom. The van der Waals surface area contributed by atoms with Gasteiger partial charge >= 0.3 is 11.9 Å². The molecule has 0 spiro atoms. The summed E-state index contributed by atoms with van der Waals surface area (Å²) in [6.07, 6.45) is 0. The van der Waals surface area contributed by atoms with Gasteiger partial charge in [0.05, 0.1) is 19.3 Å². The first-order valence-corrected chi connectivity index (χ1v) is 5.05. The normalized spacial score (nSPS) is 8.82. The molecule has 0 fully saturated rings. The number of hydrogen-bond donors (Lipinski definition) is 0. The molecule has 1 aromatic rings. The van der Waals surface area contributed by atoms with Gasteiger partial charge in [0.2, 0.25) is 0 Å². The number of carbonyl (C=O) groups excluding carboxylic acids is 2. The summed E-state index contributed by atoms with van der Waals surface area (Å²) < 4.78 is 9.27. The van der Waals surface area contributed by atoms with Crippen molar-refractivity contribution in [3.05, 3.63) is 35.4 Å². The molecule has 0 saturated heterocycles. The Balaban J connectivity index is 2.98. The van der Waals surface area contributed by atoms with Crippen molar-refractivity contribution < 1.29 is 19.1 Å². The van der Waals surface area contributed by atoms with Crippen molar-refractivity contribution in [3.63, 3.8) is 0 Å². The molecule has 17 heavy (non-hydrogen) atoms. The van der Waals surface area contributed by atoms with Crippen LogP contribution in [0.2, 0.25) is 0 Å². The lowest BCUT2D eigenvalue weighted by Gasteiger charge is -2.01. The molecule has 0 unspecified atom stereocenters. The molecule has 0 heterocycles.